The molecule has 0 amide bonds. The van der Waals surface area contributed by atoms with Gasteiger partial charge < -0.3 is 9.13 Å². The van der Waals surface area contributed by atoms with Crippen molar-refractivity contribution >= 4 is 43.6 Å². The number of fused-ring (bicyclic) bond motifs is 6. The lowest BCUT2D eigenvalue weighted by atomic mass is 9.86. The SMILES string of the molecule is CC(C)(C)c1ccc2c3ccc(C(C)(C)C)cc3n(-c3cc(C#N)cc(-n4c5cc(C(C)(C)C)ccc5c5ccc(C(C)(C)C)cc54)c3-c3cc(C#N)cc(C(F)(F)F)c3)c2c1. The minimum Gasteiger partial charge on any atom is -0.308 e. The van der Waals surface area contributed by atoms with Crippen molar-refractivity contribution in [3.8, 4) is 34.6 Å². The molecule has 0 atom stereocenters. The summed E-state index contributed by atoms with van der Waals surface area (Å²) in [6.45, 7) is 25.9. The zero-order valence-corrected chi connectivity index (χ0v) is 37.7. The van der Waals surface area contributed by atoms with Crippen molar-refractivity contribution < 1.29 is 13.2 Å². The van der Waals surface area contributed by atoms with Crippen LogP contribution in [0.15, 0.2) is 103 Å². The Morgan fingerprint density at radius 1 is 0.387 bits per heavy atom. The zero-order valence-electron chi connectivity index (χ0n) is 37.7. The van der Waals surface area contributed by atoms with E-state index in [1.54, 1.807) is 18.2 Å². The average Bonchev–Trinajstić information content (AvgIpc) is 3.69. The summed E-state index contributed by atoms with van der Waals surface area (Å²) >= 11 is 0. The number of hydrogen-bond donors (Lipinski definition) is 0. The second kappa shape index (κ2) is 14.1. The molecule has 2 aromatic heterocycles. The van der Waals surface area contributed by atoms with Crippen LogP contribution in [-0.4, -0.2) is 9.13 Å². The number of hydrogen-bond acceptors (Lipinski definition) is 2. The maximum Gasteiger partial charge on any atom is 0.416 e. The number of nitrogens with zero attached hydrogens (tertiary/aromatic N) is 4. The van der Waals surface area contributed by atoms with Gasteiger partial charge in [-0.1, -0.05) is 132 Å². The molecule has 2 heterocycles. The van der Waals surface area contributed by atoms with Crippen LogP contribution in [0.1, 0.15) is 122 Å². The van der Waals surface area contributed by atoms with E-state index in [0.717, 1.165) is 78.0 Å². The standard InChI is InChI=1S/C55H53F3N4/c1-51(2,3)35-13-17-40-41-18-14-36(52(4,5)6)27-45(41)61(44(40)26-35)48-23-33(31-60)24-49(50(48)34-21-32(30-59)22-39(25-34)55(56,57)58)62-46-28-37(53(7,8)9)15-19-42(46)43-20-16-38(29-47(43)62)54(10,11)12/h13-29H,1-12H3. The molecule has 0 aliphatic rings. The molecule has 0 bridgehead atoms. The third kappa shape index (κ3) is 7.22. The van der Waals surface area contributed by atoms with Crippen LogP contribution in [-0.2, 0) is 27.8 Å². The topological polar surface area (TPSA) is 57.4 Å². The van der Waals surface area contributed by atoms with E-state index in [-0.39, 0.29) is 32.8 Å². The Kier molecular flexibility index (Phi) is 9.65. The maximum atomic E-state index is 15.0. The van der Waals surface area contributed by atoms with Crippen molar-refractivity contribution in [3.63, 3.8) is 0 Å². The van der Waals surface area contributed by atoms with Gasteiger partial charge in [0.15, 0.2) is 0 Å². The minimum absolute atomic E-state index is 0.115. The predicted octanol–water partition coefficient (Wildman–Crippen LogP) is 15.5. The van der Waals surface area contributed by atoms with Crippen LogP contribution in [0.2, 0.25) is 0 Å². The van der Waals surface area contributed by atoms with Crippen molar-refractivity contribution in [2.24, 2.45) is 0 Å². The summed E-state index contributed by atoms with van der Waals surface area (Å²) in [7, 11) is 0. The van der Waals surface area contributed by atoms with Crippen molar-refractivity contribution in [3.05, 3.63) is 142 Å². The van der Waals surface area contributed by atoms with Crippen LogP contribution >= 0.6 is 0 Å². The van der Waals surface area contributed by atoms with Crippen LogP contribution in [0, 0.1) is 22.7 Å². The lowest BCUT2D eigenvalue weighted by molar-refractivity contribution is -0.137. The summed E-state index contributed by atoms with van der Waals surface area (Å²) < 4.78 is 49.2. The van der Waals surface area contributed by atoms with Gasteiger partial charge in [0.1, 0.15) is 0 Å². The number of alkyl halides is 3. The molecule has 8 aromatic rings. The largest absolute Gasteiger partial charge is 0.416 e. The van der Waals surface area contributed by atoms with Gasteiger partial charge in [-0.3, -0.25) is 0 Å². The third-order valence-electron chi connectivity index (χ3n) is 12.4. The Morgan fingerprint density at radius 3 is 0.968 bits per heavy atom. The van der Waals surface area contributed by atoms with Crippen LogP contribution in [0.3, 0.4) is 0 Å². The summed E-state index contributed by atoms with van der Waals surface area (Å²) in [5, 5.41) is 25.2. The van der Waals surface area contributed by atoms with Crippen LogP contribution in [0.5, 0.6) is 0 Å². The van der Waals surface area contributed by atoms with Crippen LogP contribution in [0.25, 0.3) is 66.1 Å². The fourth-order valence-electron chi connectivity index (χ4n) is 8.75. The molecule has 62 heavy (non-hydrogen) atoms. The van der Waals surface area contributed by atoms with E-state index in [0.29, 0.717) is 22.5 Å². The zero-order chi connectivity index (χ0) is 45.1. The van der Waals surface area contributed by atoms with Crippen LogP contribution < -0.4 is 0 Å². The first kappa shape index (κ1) is 42.4. The predicted molar refractivity (Wildman–Crippen MR) is 250 cm³/mol. The Morgan fingerprint density at radius 2 is 0.694 bits per heavy atom. The first-order chi connectivity index (χ1) is 28.8. The molecular weight excluding hydrogens is 774 g/mol. The highest BCUT2D eigenvalue weighted by atomic mass is 19.4. The summed E-state index contributed by atoms with van der Waals surface area (Å²) in [5.41, 5.74) is 7.93. The van der Waals surface area contributed by atoms with Gasteiger partial charge >= 0.3 is 6.18 Å². The van der Waals surface area contributed by atoms with E-state index in [1.165, 1.54) is 0 Å². The van der Waals surface area contributed by atoms with E-state index < -0.39 is 11.7 Å². The molecule has 0 aliphatic carbocycles. The summed E-state index contributed by atoms with van der Waals surface area (Å²) in [6.07, 6.45) is -4.74. The molecule has 8 rings (SSSR count). The van der Waals surface area contributed by atoms with Gasteiger partial charge in [-0.05, 0) is 104 Å². The quantitative estimate of drug-likeness (QED) is 0.178. The molecule has 0 saturated carbocycles. The van der Waals surface area contributed by atoms with E-state index in [1.807, 2.05) is 6.07 Å². The van der Waals surface area contributed by atoms with E-state index >= 15 is 0 Å². The van der Waals surface area contributed by atoms with Crippen LogP contribution in [0.4, 0.5) is 13.2 Å². The van der Waals surface area contributed by atoms with Gasteiger partial charge in [-0.2, -0.15) is 23.7 Å². The fourth-order valence-corrected chi connectivity index (χ4v) is 8.75. The van der Waals surface area contributed by atoms with E-state index in [2.05, 4.69) is 171 Å². The first-order valence-corrected chi connectivity index (χ1v) is 21.2. The van der Waals surface area contributed by atoms with Crippen molar-refractivity contribution in [1.29, 1.82) is 10.5 Å². The second-order valence-corrected chi connectivity index (χ2v) is 21.0. The van der Waals surface area contributed by atoms with Gasteiger partial charge in [0.2, 0.25) is 0 Å². The van der Waals surface area contributed by atoms with E-state index in [9.17, 15) is 23.7 Å². The Bertz CT molecular complexity index is 2910. The summed E-state index contributed by atoms with van der Waals surface area (Å²) in [5.74, 6) is 0. The highest BCUT2D eigenvalue weighted by Crippen LogP contribution is 2.46. The number of nitriles is 2. The third-order valence-corrected chi connectivity index (χ3v) is 12.4. The normalized spacial score (nSPS) is 13.0. The fraction of sp³-hybridized carbons (Fsp3) is 0.309. The second-order valence-electron chi connectivity index (χ2n) is 21.0. The molecule has 0 unspecified atom stereocenters. The van der Waals surface area contributed by atoms with Gasteiger partial charge in [0, 0.05) is 27.1 Å². The van der Waals surface area contributed by atoms with E-state index in [4.69, 9.17) is 0 Å². The molecule has 0 spiro atoms. The van der Waals surface area contributed by atoms with Crippen molar-refractivity contribution in [1.82, 2.24) is 9.13 Å². The lowest BCUT2D eigenvalue weighted by Gasteiger charge is -2.24. The first-order valence-electron chi connectivity index (χ1n) is 21.2. The molecule has 0 saturated heterocycles. The lowest BCUT2D eigenvalue weighted by Crippen LogP contribution is -2.12. The molecule has 4 nitrogen and oxygen atoms in total. The van der Waals surface area contributed by atoms with Crippen molar-refractivity contribution in [2.75, 3.05) is 0 Å². The molecule has 6 aromatic carbocycles. The molecule has 0 radical (unpaired) electrons. The van der Waals surface area contributed by atoms with Gasteiger partial charge in [0.25, 0.3) is 0 Å². The highest BCUT2D eigenvalue weighted by molar-refractivity contribution is 6.12. The molecule has 0 N–H and O–H groups in total. The van der Waals surface area contributed by atoms with Gasteiger partial charge in [0.05, 0.1) is 62.3 Å². The van der Waals surface area contributed by atoms with Gasteiger partial charge in [-0.15, -0.1) is 0 Å². The Hall–Kier alpha value is -6.31. The molecule has 0 fully saturated rings. The molecule has 7 heteroatoms. The molecule has 0 aliphatic heterocycles. The summed E-state index contributed by atoms with van der Waals surface area (Å²) in [6, 6.07) is 37.5. The Balaban J connectivity index is 1.67. The average molecular weight is 827 g/mol. The molecule has 314 valence electrons. The van der Waals surface area contributed by atoms with Gasteiger partial charge in [-0.25, -0.2) is 0 Å². The maximum absolute atomic E-state index is 15.0. The molecular formula is C55H53F3N4. The summed E-state index contributed by atoms with van der Waals surface area (Å²) in [4.78, 5) is 0. The monoisotopic (exact) mass is 826 g/mol. The smallest absolute Gasteiger partial charge is 0.308 e. The minimum atomic E-state index is -4.74. The highest BCUT2D eigenvalue weighted by Gasteiger charge is 2.33. The number of benzene rings is 6. The number of halogens is 3. The number of rotatable bonds is 3. The Labute approximate surface area is 362 Å². The van der Waals surface area contributed by atoms with Crippen molar-refractivity contribution in [2.45, 2.75) is 111 Å². The number of aromatic nitrogens is 2.